The van der Waals surface area contributed by atoms with E-state index in [1.807, 2.05) is 18.2 Å². The molecule has 1 rings (SSSR count). The van der Waals surface area contributed by atoms with Crippen molar-refractivity contribution in [1.29, 1.82) is 0 Å². The van der Waals surface area contributed by atoms with Gasteiger partial charge in [0.25, 0.3) is 0 Å². The molecular weight excluding hydrogens is 214 g/mol. The van der Waals surface area contributed by atoms with Gasteiger partial charge >= 0.3 is 5.97 Å². The Morgan fingerprint density at radius 3 is 2.65 bits per heavy atom. The molecule has 17 heavy (non-hydrogen) atoms. The van der Waals surface area contributed by atoms with Crippen LogP contribution in [0.15, 0.2) is 42.5 Å². The zero-order chi connectivity index (χ0) is 12.7. The van der Waals surface area contributed by atoms with Crippen molar-refractivity contribution in [3.05, 3.63) is 48.0 Å². The molecule has 1 unspecified atom stereocenters. The number of hydrogen-bond donors (Lipinski definition) is 1. The highest BCUT2D eigenvalue weighted by Gasteiger charge is 2.10. The second-order valence-electron chi connectivity index (χ2n) is 4.13. The molecule has 0 aliphatic carbocycles. The quantitative estimate of drug-likeness (QED) is 0.624. The van der Waals surface area contributed by atoms with Crippen LogP contribution in [0.2, 0.25) is 0 Å². The van der Waals surface area contributed by atoms with Crippen LogP contribution >= 0.6 is 0 Å². The molecule has 92 valence electrons. The summed E-state index contributed by atoms with van der Waals surface area (Å²) in [4.78, 5) is 10.9. The molecule has 0 heterocycles. The summed E-state index contributed by atoms with van der Waals surface area (Å²) in [6, 6.07) is 10.0. The zero-order valence-electron chi connectivity index (χ0n) is 10.3. The molecule has 2 N–H and O–H groups in total. The maximum absolute atomic E-state index is 10.9. The maximum atomic E-state index is 10.9. The van der Waals surface area contributed by atoms with Crippen molar-refractivity contribution in [3.63, 3.8) is 0 Å². The van der Waals surface area contributed by atoms with Crippen LogP contribution in [0.3, 0.4) is 0 Å². The summed E-state index contributed by atoms with van der Waals surface area (Å²) < 4.78 is 4.52. The standard InChI is InChI=1S/C14H19NO2/c1-11(10-12-6-4-3-5-7-12)13(15)8-9-14(16)17-2/h3-9,11,13H,10,15H2,1-2H3/b9-8+/t11?,13-/m1/s1. The highest BCUT2D eigenvalue weighted by molar-refractivity contribution is 5.81. The van der Waals surface area contributed by atoms with Crippen LogP contribution in [0.4, 0.5) is 0 Å². The van der Waals surface area contributed by atoms with Crippen LogP contribution in [0.25, 0.3) is 0 Å². The van der Waals surface area contributed by atoms with Crippen molar-refractivity contribution in [3.8, 4) is 0 Å². The molecule has 3 heteroatoms. The molecule has 0 bridgehead atoms. The van der Waals surface area contributed by atoms with Gasteiger partial charge in [-0.25, -0.2) is 4.79 Å². The first-order valence-electron chi connectivity index (χ1n) is 5.69. The second kappa shape index (κ2) is 6.86. The Balaban J connectivity index is 2.50. The summed E-state index contributed by atoms with van der Waals surface area (Å²) in [5.41, 5.74) is 7.23. The number of esters is 1. The third-order valence-corrected chi connectivity index (χ3v) is 2.71. The van der Waals surface area contributed by atoms with Crippen molar-refractivity contribution < 1.29 is 9.53 Å². The van der Waals surface area contributed by atoms with Crippen molar-refractivity contribution in [2.75, 3.05) is 7.11 Å². The van der Waals surface area contributed by atoms with Gasteiger partial charge in [0.1, 0.15) is 0 Å². The Bertz CT molecular complexity index is 373. The topological polar surface area (TPSA) is 52.3 Å². The SMILES string of the molecule is COC(=O)/C=C/[C@@H](N)C(C)Cc1ccccc1. The molecule has 0 spiro atoms. The first-order chi connectivity index (χ1) is 8.13. The number of methoxy groups -OCH3 is 1. The fraction of sp³-hybridized carbons (Fsp3) is 0.357. The molecule has 0 aromatic heterocycles. The van der Waals surface area contributed by atoms with E-state index >= 15 is 0 Å². The third kappa shape index (κ3) is 4.83. The van der Waals surface area contributed by atoms with Crippen molar-refractivity contribution in [2.24, 2.45) is 11.7 Å². The van der Waals surface area contributed by atoms with Gasteiger partial charge in [-0.2, -0.15) is 0 Å². The summed E-state index contributed by atoms with van der Waals surface area (Å²) in [5, 5.41) is 0. The number of carbonyl (C=O) groups excluding carboxylic acids is 1. The van der Waals surface area contributed by atoms with Gasteiger partial charge in [-0.3, -0.25) is 0 Å². The predicted molar refractivity (Wildman–Crippen MR) is 68.4 cm³/mol. The highest BCUT2D eigenvalue weighted by Crippen LogP contribution is 2.11. The lowest BCUT2D eigenvalue weighted by atomic mass is 9.94. The summed E-state index contributed by atoms with van der Waals surface area (Å²) in [5.74, 6) is -0.0920. The minimum absolute atomic E-state index is 0.144. The van der Waals surface area contributed by atoms with Crippen LogP contribution in [-0.2, 0) is 16.0 Å². The Hall–Kier alpha value is -1.61. The molecule has 0 saturated carbocycles. The van der Waals surface area contributed by atoms with E-state index < -0.39 is 0 Å². The van der Waals surface area contributed by atoms with E-state index in [-0.39, 0.29) is 17.9 Å². The predicted octanol–water partition coefficient (Wildman–Crippen LogP) is 1.92. The summed E-state index contributed by atoms with van der Waals surface area (Å²) in [6.07, 6.45) is 3.97. The summed E-state index contributed by atoms with van der Waals surface area (Å²) in [6.45, 7) is 2.07. The van der Waals surface area contributed by atoms with Crippen LogP contribution < -0.4 is 5.73 Å². The molecule has 0 saturated heterocycles. The molecule has 3 nitrogen and oxygen atoms in total. The van der Waals surface area contributed by atoms with Crippen LogP contribution in [-0.4, -0.2) is 19.1 Å². The normalized spacial score (nSPS) is 14.5. The van der Waals surface area contributed by atoms with E-state index in [0.29, 0.717) is 0 Å². The van der Waals surface area contributed by atoms with E-state index in [0.717, 1.165) is 6.42 Å². The third-order valence-electron chi connectivity index (χ3n) is 2.71. The number of rotatable bonds is 5. The molecule has 2 atom stereocenters. The van der Waals surface area contributed by atoms with E-state index in [9.17, 15) is 4.79 Å². The van der Waals surface area contributed by atoms with Crippen molar-refractivity contribution in [2.45, 2.75) is 19.4 Å². The minimum Gasteiger partial charge on any atom is -0.466 e. The van der Waals surface area contributed by atoms with Gasteiger partial charge < -0.3 is 10.5 Å². The Morgan fingerprint density at radius 2 is 2.06 bits per heavy atom. The first-order valence-corrected chi connectivity index (χ1v) is 5.69. The van der Waals surface area contributed by atoms with Gasteiger partial charge in [-0.15, -0.1) is 0 Å². The van der Waals surface area contributed by atoms with E-state index in [1.165, 1.54) is 18.7 Å². The Kier molecular flexibility index (Phi) is 5.43. The smallest absolute Gasteiger partial charge is 0.330 e. The molecule has 0 fully saturated rings. The van der Waals surface area contributed by atoms with E-state index in [1.54, 1.807) is 6.08 Å². The maximum Gasteiger partial charge on any atom is 0.330 e. The second-order valence-corrected chi connectivity index (χ2v) is 4.13. The van der Waals surface area contributed by atoms with Gasteiger partial charge in [0.15, 0.2) is 0 Å². The van der Waals surface area contributed by atoms with Gasteiger partial charge in [0.05, 0.1) is 7.11 Å². The highest BCUT2D eigenvalue weighted by atomic mass is 16.5. The minimum atomic E-state index is -0.368. The first kappa shape index (κ1) is 13.5. The number of ether oxygens (including phenoxy) is 1. The molecule has 0 radical (unpaired) electrons. The molecule has 1 aromatic carbocycles. The lowest BCUT2D eigenvalue weighted by Crippen LogP contribution is -2.27. The molecular formula is C14H19NO2. The largest absolute Gasteiger partial charge is 0.466 e. The van der Waals surface area contributed by atoms with E-state index in [4.69, 9.17) is 5.73 Å². The van der Waals surface area contributed by atoms with Crippen LogP contribution in [0.5, 0.6) is 0 Å². The van der Waals surface area contributed by atoms with Crippen LogP contribution in [0, 0.1) is 5.92 Å². The number of hydrogen-bond acceptors (Lipinski definition) is 3. The molecule has 0 amide bonds. The fourth-order valence-electron chi connectivity index (χ4n) is 1.57. The van der Waals surface area contributed by atoms with Gasteiger partial charge in [-0.1, -0.05) is 43.3 Å². The molecule has 0 aliphatic rings. The number of carbonyl (C=O) groups is 1. The number of nitrogens with two attached hydrogens (primary N) is 1. The molecule has 1 aromatic rings. The average Bonchev–Trinajstić information content (AvgIpc) is 2.36. The summed E-state index contributed by atoms with van der Waals surface area (Å²) in [7, 11) is 1.35. The lowest BCUT2D eigenvalue weighted by molar-refractivity contribution is -0.134. The zero-order valence-corrected chi connectivity index (χ0v) is 10.3. The van der Waals surface area contributed by atoms with Gasteiger partial charge in [-0.05, 0) is 17.9 Å². The van der Waals surface area contributed by atoms with Crippen molar-refractivity contribution >= 4 is 5.97 Å². The monoisotopic (exact) mass is 233 g/mol. The lowest BCUT2D eigenvalue weighted by Gasteiger charge is -2.16. The Labute approximate surface area is 102 Å². The van der Waals surface area contributed by atoms with Gasteiger partial charge in [0, 0.05) is 12.1 Å². The summed E-state index contributed by atoms with van der Waals surface area (Å²) >= 11 is 0. The van der Waals surface area contributed by atoms with Gasteiger partial charge in [0.2, 0.25) is 0 Å². The average molecular weight is 233 g/mol. The Morgan fingerprint density at radius 1 is 1.41 bits per heavy atom. The fourth-order valence-corrected chi connectivity index (χ4v) is 1.57. The number of benzene rings is 1. The van der Waals surface area contributed by atoms with Crippen molar-refractivity contribution in [1.82, 2.24) is 0 Å². The van der Waals surface area contributed by atoms with Crippen LogP contribution in [0.1, 0.15) is 12.5 Å². The molecule has 0 aliphatic heterocycles. The van der Waals surface area contributed by atoms with E-state index in [2.05, 4.69) is 23.8 Å².